The lowest BCUT2D eigenvalue weighted by atomic mass is 10.1. The van der Waals surface area contributed by atoms with Crippen molar-refractivity contribution in [3.8, 4) is 0 Å². The first-order valence-electron chi connectivity index (χ1n) is 4.26. The van der Waals surface area contributed by atoms with Gasteiger partial charge in [0.1, 0.15) is 5.84 Å². The van der Waals surface area contributed by atoms with Gasteiger partial charge in [0.15, 0.2) is 0 Å². The van der Waals surface area contributed by atoms with E-state index in [4.69, 9.17) is 16.9 Å². The molecule has 2 rings (SSSR count). The van der Waals surface area contributed by atoms with Crippen LogP contribution in [0.1, 0.15) is 15.2 Å². The van der Waals surface area contributed by atoms with Crippen LogP contribution in [0.2, 0.25) is 0 Å². The Bertz CT molecular complexity index is 547. The molecule has 1 heterocycles. The Hall–Kier alpha value is -1.88. The average molecular weight is 219 g/mol. The summed E-state index contributed by atoms with van der Waals surface area (Å²) in [6.07, 6.45) is 0. The number of fused-ring (bicyclic) bond motifs is 1. The highest BCUT2D eigenvalue weighted by Gasteiger charge is 2.07. The van der Waals surface area contributed by atoms with Gasteiger partial charge in [-0.15, -0.1) is 11.3 Å². The lowest BCUT2D eigenvalue weighted by Crippen LogP contribution is -2.10. The number of amides is 1. The Morgan fingerprint density at radius 3 is 2.60 bits per heavy atom. The Morgan fingerprint density at radius 1 is 1.27 bits per heavy atom. The summed E-state index contributed by atoms with van der Waals surface area (Å²) < 4.78 is 0.966. The van der Waals surface area contributed by atoms with Crippen LogP contribution < -0.4 is 11.5 Å². The lowest BCUT2D eigenvalue weighted by Gasteiger charge is -1.96. The molecule has 0 aliphatic heterocycles. The molecule has 0 fully saturated rings. The van der Waals surface area contributed by atoms with Gasteiger partial charge in [0.05, 0.1) is 4.88 Å². The van der Waals surface area contributed by atoms with Crippen LogP contribution in [0.25, 0.3) is 10.1 Å². The molecule has 0 aliphatic carbocycles. The second-order valence-corrected chi connectivity index (χ2v) is 4.22. The average Bonchev–Trinajstić information content (AvgIpc) is 2.59. The molecule has 4 nitrogen and oxygen atoms in total. The summed E-state index contributed by atoms with van der Waals surface area (Å²) >= 11 is 1.34. The van der Waals surface area contributed by atoms with E-state index in [2.05, 4.69) is 0 Å². The standard InChI is InChI=1S/C10H9N3OS/c11-9(12)5-1-2-7-6(3-5)4-8(15-7)10(13)14/h1-4H,(H3,11,12)(H2,13,14). The molecular weight excluding hydrogens is 210 g/mol. The van der Waals surface area contributed by atoms with E-state index in [1.54, 1.807) is 18.2 Å². The molecule has 0 aliphatic rings. The topological polar surface area (TPSA) is 93.0 Å². The first kappa shape index (κ1) is 9.67. The minimum atomic E-state index is -0.430. The van der Waals surface area contributed by atoms with Gasteiger partial charge in [0.2, 0.25) is 0 Å². The van der Waals surface area contributed by atoms with Crippen LogP contribution in [-0.4, -0.2) is 11.7 Å². The van der Waals surface area contributed by atoms with Crippen molar-refractivity contribution < 1.29 is 4.79 Å². The molecule has 1 amide bonds. The van der Waals surface area contributed by atoms with Gasteiger partial charge >= 0.3 is 0 Å². The number of benzene rings is 1. The molecule has 2 aromatic rings. The molecule has 0 saturated carbocycles. The maximum Gasteiger partial charge on any atom is 0.258 e. The number of nitrogen functional groups attached to an aromatic ring is 1. The molecule has 5 N–H and O–H groups in total. The van der Waals surface area contributed by atoms with Gasteiger partial charge in [-0.1, -0.05) is 0 Å². The van der Waals surface area contributed by atoms with Crippen LogP contribution in [0.3, 0.4) is 0 Å². The van der Waals surface area contributed by atoms with Crippen molar-refractivity contribution in [3.63, 3.8) is 0 Å². The molecule has 0 spiro atoms. The number of hydrogen-bond donors (Lipinski definition) is 3. The number of primary amides is 1. The Kier molecular flexibility index (Phi) is 2.17. The highest BCUT2D eigenvalue weighted by Crippen LogP contribution is 2.26. The summed E-state index contributed by atoms with van der Waals surface area (Å²) in [7, 11) is 0. The maximum atomic E-state index is 11.0. The van der Waals surface area contributed by atoms with Crippen molar-refractivity contribution in [2.24, 2.45) is 11.5 Å². The third kappa shape index (κ3) is 1.69. The van der Waals surface area contributed by atoms with E-state index < -0.39 is 5.91 Å². The van der Waals surface area contributed by atoms with E-state index in [0.29, 0.717) is 10.4 Å². The summed E-state index contributed by atoms with van der Waals surface area (Å²) in [4.78, 5) is 11.5. The fourth-order valence-corrected chi connectivity index (χ4v) is 2.23. The van der Waals surface area contributed by atoms with Crippen molar-refractivity contribution in [2.45, 2.75) is 0 Å². The zero-order valence-electron chi connectivity index (χ0n) is 7.78. The summed E-state index contributed by atoms with van der Waals surface area (Å²) in [5.41, 5.74) is 11.2. The third-order valence-corrected chi connectivity index (χ3v) is 3.20. The normalized spacial score (nSPS) is 10.4. The molecule has 0 radical (unpaired) electrons. The number of hydrogen-bond acceptors (Lipinski definition) is 3. The van der Waals surface area contributed by atoms with Crippen molar-refractivity contribution >= 4 is 33.2 Å². The molecule has 0 unspecified atom stereocenters. The van der Waals surface area contributed by atoms with Gasteiger partial charge in [0, 0.05) is 10.3 Å². The fourth-order valence-electron chi connectivity index (χ4n) is 1.33. The molecule has 0 atom stereocenters. The van der Waals surface area contributed by atoms with Crippen molar-refractivity contribution in [1.29, 1.82) is 5.41 Å². The Morgan fingerprint density at radius 2 is 2.00 bits per heavy atom. The van der Waals surface area contributed by atoms with E-state index in [-0.39, 0.29) is 5.84 Å². The predicted octanol–water partition coefficient (Wildman–Crippen LogP) is 1.28. The summed E-state index contributed by atoms with van der Waals surface area (Å²) in [5, 5.41) is 8.18. The van der Waals surface area contributed by atoms with E-state index in [1.165, 1.54) is 11.3 Å². The SMILES string of the molecule is N=C(N)c1ccc2sc(C(N)=O)cc2c1. The van der Waals surface area contributed by atoms with Crippen LogP contribution in [0.5, 0.6) is 0 Å². The van der Waals surface area contributed by atoms with E-state index in [9.17, 15) is 4.79 Å². The quantitative estimate of drug-likeness (QED) is 0.524. The number of thiophene rings is 1. The van der Waals surface area contributed by atoms with E-state index in [0.717, 1.165) is 10.1 Å². The van der Waals surface area contributed by atoms with Crippen molar-refractivity contribution in [1.82, 2.24) is 0 Å². The summed E-state index contributed by atoms with van der Waals surface area (Å²) in [6.45, 7) is 0. The van der Waals surface area contributed by atoms with Crippen LogP contribution in [0.15, 0.2) is 24.3 Å². The monoisotopic (exact) mass is 219 g/mol. The smallest absolute Gasteiger partial charge is 0.258 e. The zero-order valence-corrected chi connectivity index (χ0v) is 8.60. The van der Waals surface area contributed by atoms with Crippen molar-refractivity contribution in [2.75, 3.05) is 0 Å². The van der Waals surface area contributed by atoms with E-state index in [1.807, 2.05) is 6.07 Å². The van der Waals surface area contributed by atoms with Crippen LogP contribution in [0, 0.1) is 5.41 Å². The molecule has 0 bridgehead atoms. The number of rotatable bonds is 2. The summed E-state index contributed by atoms with van der Waals surface area (Å²) in [5.74, 6) is -0.413. The lowest BCUT2D eigenvalue weighted by molar-refractivity contribution is 0.100. The minimum absolute atomic E-state index is 0.0173. The number of nitrogens with two attached hydrogens (primary N) is 2. The first-order valence-corrected chi connectivity index (χ1v) is 5.07. The number of carbonyl (C=O) groups excluding carboxylic acids is 1. The highest BCUT2D eigenvalue weighted by molar-refractivity contribution is 7.20. The predicted molar refractivity (Wildman–Crippen MR) is 61.4 cm³/mol. The van der Waals surface area contributed by atoms with Gasteiger partial charge in [0.25, 0.3) is 5.91 Å². The van der Waals surface area contributed by atoms with Gasteiger partial charge < -0.3 is 11.5 Å². The molecule has 5 heteroatoms. The van der Waals surface area contributed by atoms with Crippen LogP contribution in [0.4, 0.5) is 0 Å². The summed E-state index contributed by atoms with van der Waals surface area (Å²) in [6, 6.07) is 7.09. The molecular formula is C10H9N3OS. The minimum Gasteiger partial charge on any atom is -0.384 e. The molecule has 0 saturated heterocycles. The van der Waals surface area contributed by atoms with Gasteiger partial charge in [-0.2, -0.15) is 0 Å². The Labute approximate surface area is 90.0 Å². The number of nitrogens with one attached hydrogen (secondary N) is 1. The third-order valence-electron chi connectivity index (χ3n) is 2.07. The Balaban J connectivity index is 2.62. The van der Waals surface area contributed by atoms with Crippen molar-refractivity contribution in [3.05, 3.63) is 34.7 Å². The van der Waals surface area contributed by atoms with Gasteiger partial charge in [-0.25, -0.2) is 0 Å². The van der Waals surface area contributed by atoms with Gasteiger partial charge in [-0.05, 0) is 29.7 Å². The van der Waals surface area contributed by atoms with Gasteiger partial charge in [-0.3, -0.25) is 10.2 Å². The second kappa shape index (κ2) is 3.36. The molecule has 1 aromatic carbocycles. The number of amidine groups is 1. The van der Waals surface area contributed by atoms with Crippen LogP contribution in [-0.2, 0) is 0 Å². The molecule has 15 heavy (non-hydrogen) atoms. The highest BCUT2D eigenvalue weighted by atomic mass is 32.1. The molecule has 1 aromatic heterocycles. The largest absolute Gasteiger partial charge is 0.384 e. The second-order valence-electron chi connectivity index (χ2n) is 3.14. The number of carbonyl (C=O) groups is 1. The fraction of sp³-hybridized carbons (Fsp3) is 0. The van der Waals surface area contributed by atoms with Crippen LogP contribution >= 0.6 is 11.3 Å². The molecule has 76 valence electrons. The zero-order chi connectivity index (χ0) is 11.0. The van der Waals surface area contributed by atoms with E-state index >= 15 is 0 Å². The maximum absolute atomic E-state index is 11.0. The first-order chi connectivity index (χ1) is 7.08.